The van der Waals surface area contributed by atoms with Crippen molar-refractivity contribution in [1.29, 1.82) is 0 Å². The van der Waals surface area contributed by atoms with Crippen molar-refractivity contribution in [3.8, 4) is 0 Å². The molecule has 0 aromatic rings. The molecule has 3 unspecified atom stereocenters. The number of nitrogens with one attached hydrogen (secondary N) is 1. The summed E-state index contributed by atoms with van der Waals surface area (Å²) in [7, 11) is 0. The summed E-state index contributed by atoms with van der Waals surface area (Å²) in [6.07, 6.45) is 1.86. The lowest BCUT2D eigenvalue weighted by Crippen LogP contribution is -2.62. The molecule has 1 saturated carbocycles. The molecule has 0 aromatic carbocycles. The summed E-state index contributed by atoms with van der Waals surface area (Å²) in [6, 6.07) is 1.17. The first-order chi connectivity index (χ1) is 9.45. The van der Waals surface area contributed by atoms with E-state index in [1.54, 1.807) is 0 Å². The fraction of sp³-hybridized carbons (Fsp3) is 1.00. The van der Waals surface area contributed by atoms with Gasteiger partial charge in [-0.1, -0.05) is 13.8 Å². The summed E-state index contributed by atoms with van der Waals surface area (Å²) in [4.78, 5) is 2.50. The highest BCUT2D eigenvalue weighted by Gasteiger charge is 2.48. The van der Waals surface area contributed by atoms with E-state index in [9.17, 15) is 0 Å². The number of morpholine rings is 1. The molecule has 0 radical (unpaired) electrons. The van der Waals surface area contributed by atoms with Gasteiger partial charge in [0.25, 0.3) is 0 Å². The summed E-state index contributed by atoms with van der Waals surface area (Å²) in [5.41, 5.74) is 0.239. The van der Waals surface area contributed by atoms with Crippen LogP contribution in [0, 0.1) is 5.41 Å². The Bertz CT molecular complexity index is 307. The van der Waals surface area contributed by atoms with Crippen LogP contribution in [0.25, 0.3) is 0 Å². The van der Waals surface area contributed by atoms with Crippen molar-refractivity contribution in [3.63, 3.8) is 0 Å². The number of hydrogen-bond acceptors (Lipinski definition) is 4. The Morgan fingerprint density at radius 3 is 2.75 bits per heavy atom. The third kappa shape index (κ3) is 3.53. The highest BCUT2D eigenvalue weighted by molar-refractivity contribution is 5.03. The average molecular weight is 284 g/mol. The molecule has 118 valence electrons. The van der Waals surface area contributed by atoms with Crippen LogP contribution in [0.1, 0.15) is 41.0 Å². The monoisotopic (exact) mass is 284 g/mol. The second kappa shape index (κ2) is 6.73. The van der Waals surface area contributed by atoms with Crippen LogP contribution < -0.4 is 5.32 Å². The van der Waals surface area contributed by atoms with Crippen molar-refractivity contribution in [2.75, 3.05) is 32.8 Å². The third-order valence-corrected chi connectivity index (χ3v) is 5.04. The van der Waals surface area contributed by atoms with Gasteiger partial charge in [0.2, 0.25) is 0 Å². The maximum Gasteiger partial charge on any atom is 0.0826 e. The van der Waals surface area contributed by atoms with Crippen molar-refractivity contribution in [1.82, 2.24) is 10.2 Å². The van der Waals surface area contributed by atoms with Gasteiger partial charge in [0.05, 0.1) is 18.8 Å². The van der Waals surface area contributed by atoms with E-state index in [0.29, 0.717) is 24.3 Å². The van der Waals surface area contributed by atoms with E-state index in [-0.39, 0.29) is 5.41 Å². The molecule has 1 N–H and O–H groups in total. The van der Waals surface area contributed by atoms with Crippen LogP contribution in [0.2, 0.25) is 0 Å². The highest BCUT2D eigenvalue weighted by atomic mass is 16.5. The molecule has 3 atom stereocenters. The van der Waals surface area contributed by atoms with Gasteiger partial charge in [-0.05, 0) is 27.2 Å². The summed E-state index contributed by atoms with van der Waals surface area (Å²) in [5, 5.41) is 3.70. The van der Waals surface area contributed by atoms with Gasteiger partial charge in [-0.25, -0.2) is 0 Å². The molecular formula is C16H32N2O2. The van der Waals surface area contributed by atoms with Crippen LogP contribution >= 0.6 is 0 Å². The van der Waals surface area contributed by atoms with Gasteiger partial charge in [0.15, 0.2) is 0 Å². The molecule has 1 aliphatic heterocycles. The van der Waals surface area contributed by atoms with Crippen LogP contribution in [0.15, 0.2) is 0 Å². The summed E-state index contributed by atoms with van der Waals surface area (Å²) in [6.45, 7) is 15.9. The lowest BCUT2D eigenvalue weighted by Gasteiger charge is -2.52. The van der Waals surface area contributed by atoms with Gasteiger partial charge in [-0.3, -0.25) is 4.90 Å². The first-order valence-corrected chi connectivity index (χ1v) is 8.15. The van der Waals surface area contributed by atoms with Crippen molar-refractivity contribution < 1.29 is 9.47 Å². The van der Waals surface area contributed by atoms with Gasteiger partial charge in [0, 0.05) is 43.7 Å². The van der Waals surface area contributed by atoms with E-state index in [1.807, 2.05) is 0 Å². The quantitative estimate of drug-likeness (QED) is 0.807. The van der Waals surface area contributed by atoms with Crippen LogP contribution in [0.4, 0.5) is 0 Å². The van der Waals surface area contributed by atoms with Crippen LogP contribution in [-0.4, -0.2) is 62.0 Å². The minimum Gasteiger partial charge on any atom is -0.378 e. The highest BCUT2D eigenvalue weighted by Crippen LogP contribution is 2.42. The lowest BCUT2D eigenvalue weighted by atomic mass is 9.64. The fourth-order valence-electron chi connectivity index (χ4n) is 3.32. The zero-order valence-corrected chi connectivity index (χ0v) is 13.8. The summed E-state index contributed by atoms with van der Waals surface area (Å²) < 4.78 is 11.7. The van der Waals surface area contributed by atoms with Gasteiger partial charge < -0.3 is 14.8 Å². The molecule has 2 fully saturated rings. The van der Waals surface area contributed by atoms with Crippen LogP contribution in [-0.2, 0) is 9.47 Å². The minimum atomic E-state index is 0.239. The van der Waals surface area contributed by atoms with E-state index in [2.05, 4.69) is 44.8 Å². The smallest absolute Gasteiger partial charge is 0.0826 e. The molecule has 0 aromatic heterocycles. The first kappa shape index (κ1) is 16.2. The molecule has 0 amide bonds. The molecule has 1 heterocycles. The van der Waals surface area contributed by atoms with Gasteiger partial charge in [0.1, 0.15) is 0 Å². The van der Waals surface area contributed by atoms with Gasteiger partial charge in [-0.2, -0.15) is 0 Å². The Morgan fingerprint density at radius 1 is 1.40 bits per heavy atom. The molecule has 0 spiro atoms. The van der Waals surface area contributed by atoms with Crippen molar-refractivity contribution in [3.05, 3.63) is 0 Å². The molecule has 4 heteroatoms. The zero-order valence-electron chi connectivity index (χ0n) is 13.8. The molecule has 4 nitrogen and oxygen atoms in total. The maximum absolute atomic E-state index is 5.88. The molecule has 1 aliphatic carbocycles. The SMILES string of the molecule is CCOC1CC(NCC2CN(C(C)C)CCO2)C1(C)C. The van der Waals surface area contributed by atoms with E-state index in [0.717, 1.165) is 39.3 Å². The normalized spacial score (nSPS) is 34.2. The summed E-state index contributed by atoms with van der Waals surface area (Å²) in [5.74, 6) is 0. The molecule has 0 bridgehead atoms. The topological polar surface area (TPSA) is 33.7 Å². The molecule has 20 heavy (non-hydrogen) atoms. The zero-order chi connectivity index (χ0) is 14.8. The first-order valence-electron chi connectivity index (χ1n) is 8.15. The van der Waals surface area contributed by atoms with Crippen molar-refractivity contribution >= 4 is 0 Å². The Balaban J connectivity index is 1.73. The molecule has 2 aliphatic rings. The predicted octanol–water partition coefficient (Wildman–Crippen LogP) is 1.89. The Morgan fingerprint density at radius 2 is 2.15 bits per heavy atom. The fourth-order valence-corrected chi connectivity index (χ4v) is 3.32. The Labute approximate surface area is 124 Å². The molecule has 2 rings (SSSR count). The second-order valence-corrected chi connectivity index (χ2v) is 7.04. The van der Waals surface area contributed by atoms with E-state index < -0.39 is 0 Å². The number of nitrogens with zero attached hydrogens (tertiary/aromatic N) is 1. The Hall–Kier alpha value is -0.160. The molecular weight excluding hydrogens is 252 g/mol. The van der Waals surface area contributed by atoms with Gasteiger partial charge in [-0.15, -0.1) is 0 Å². The van der Waals surface area contributed by atoms with E-state index in [1.165, 1.54) is 0 Å². The largest absolute Gasteiger partial charge is 0.378 e. The number of hydrogen-bond donors (Lipinski definition) is 1. The predicted molar refractivity (Wildman–Crippen MR) is 82.1 cm³/mol. The third-order valence-electron chi connectivity index (χ3n) is 5.04. The number of ether oxygens (including phenoxy) is 2. The van der Waals surface area contributed by atoms with Gasteiger partial charge >= 0.3 is 0 Å². The minimum absolute atomic E-state index is 0.239. The maximum atomic E-state index is 5.88. The Kier molecular flexibility index (Phi) is 5.46. The van der Waals surface area contributed by atoms with Crippen molar-refractivity contribution in [2.24, 2.45) is 5.41 Å². The number of rotatable bonds is 6. The molecule has 1 saturated heterocycles. The standard InChI is InChI=1S/C16H32N2O2/c1-6-19-15-9-14(16(15,4)5)17-10-13-11-18(12(2)3)7-8-20-13/h12-15,17H,6-11H2,1-5H3. The van der Waals surface area contributed by atoms with E-state index in [4.69, 9.17) is 9.47 Å². The van der Waals surface area contributed by atoms with Crippen LogP contribution in [0.5, 0.6) is 0 Å². The lowest BCUT2D eigenvalue weighted by molar-refractivity contribution is -0.118. The van der Waals surface area contributed by atoms with Crippen LogP contribution in [0.3, 0.4) is 0 Å². The average Bonchev–Trinajstić information content (AvgIpc) is 2.42. The second-order valence-electron chi connectivity index (χ2n) is 7.04. The van der Waals surface area contributed by atoms with Crippen molar-refractivity contribution in [2.45, 2.75) is 65.3 Å². The summed E-state index contributed by atoms with van der Waals surface area (Å²) >= 11 is 0. The van der Waals surface area contributed by atoms with E-state index >= 15 is 0 Å².